The van der Waals surface area contributed by atoms with Gasteiger partial charge in [-0.3, -0.25) is 9.59 Å². The lowest BCUT2D eigenvalue weighted by Gasteiger charge is -2.18. The van der Waals surface area contributed by atoms with Crippen molar-refractivity contribution in [1.29, 1.82) is 0 Å². The number of anilines is 1. The smallest absolute Gasteiger partial charge is 0.227 e. The predicted octanol–water partition coefficient (Wildman–Crippen LogP) is 3.70. The Bertz CT molecular complexity index is 790. The first-order valence-corrected chi connectivity index (χ1v) is 9.90. The van der Waals surface area contributed by atoms with Crippen LogP contribution in [0.4, 0.5) is 5.69 Å². The van der Waals surface area contributed by atoms with Crippen LogP contribution in [-0.4, -0.2) is 23.3 Å². The normalized spacial score (nSPS) is 17.4. The number of benzene rings is 1. The van der Waals surface area contributed by atoms with E-state index in [0.29, 0.717) is 19.0 Å². The summed E-state index contributed by atoms with van der Waals surface area (Å²) in [6.07, 6.45) is 0.238. The van der Waals surface area contributed by atoms with Crippen molar-refractivity contribution in [2.24, 2.45) is 5.92 Å². The average Bonchev–Trinajstić information content (AvgIpc) is 3.20. The van der Waals surface area contributed by atoms with E-state index in [1.165, 1.54) is 0 Å². The maximum absolute atomic E-state index is 12.4. The van der Waals surface area contributed by atoms with Gasteiger partial charge < -0.3 is 10.2 Å². The molecule has 0 bridgehead atoms. The molecule has 2 heterocycles. The van der Waals surface area contributed by atoms with Gasteiger partial charge in [0.1, 0.15) is 0 Å². The van der Waals surface area contributed by atoms with Crippen molar-refractivity contribution in [3.05, 3.63) is 44.8 Å². The lowest BCUT2D eigenvalue weighted by molar-refractivity contribution is -0.126. The monoisotopic (exact) mass is 421 g/mol. The Balaban J connectivity index is 1.60. The number of nitrogens with one attached hydrogen (secondary N) is 1. The van der Waals surface area contributed by atoms with E-state index in [1.807, 2.05) is 29.6 Å². The summed E-state index contributed by atoms with van der Waals surface area (Å²) < 4.78 is 0.855. The number of rotatable bonds is 5. The maximum Gasteiger partial charge on any atom is 0.227 e. The fourth-order valence-electron chi connectivity index (χ4n) is 2.78. The SMILES string of the molecule is CC(C)c1nc(CNC(=O)C2CC(=O)N(c3ccccc3Br)C2)cs1. The van der Waals surface area contributed by atoms with Crippen molar-refractivity contribution in [2.45, 2.75) is 32.7 Å². The largest absolute Gasteiger partial charge is 0.350 e. The molecule has 2 aromatic rings. The molecular formula is C18H20BrN3O2S. The number of hydrogen-bond donors (Lipinski definition) is 1. The Morgan fingerprint density at radius 1 is 1.44 bits per heavy atom. The number of carbonyl (C=O) groups is 2. The van der Waals surface area contributed by atoms with Crippen LogP contribution >= 0.6 is 27.3 Å². The van der Waals surface area contributed by atoms with Crippen molar-refractivity contribution < 1.29 is 9.59 Å². The van der Waals surface area contributed by atoms with Gasteiger partial charge in [-0.15, -0.1) is 11.3 Å². The third kappa shape index (κ3) is 4.10. The van der Waals surface area contributed by atoms with Gasteiger partial charge in [-0.2, -0.15) is 0 Å². The van der Waals surface area contributed by atoms with Crippen molar-refractivity contribution in [1.82, 2.24) is 10.3 Å². The second-order valence-electron chi connectivity index (χ2n) is 6.41. The molecule has 3 rings (SSSR count). The zero-order valence-electron chi connectivity index (χ0n) is 14.2. The molecule has 25 heavy (non-hydrogen) atoms. The number of carbonyl (C=O) groups excluding carboxylic acids is 2. The molecule has 1 aromatic heterocycles. The van der Waals surface area contributed by atoms with E-state index in [2.05, 4.69) is 40.1 Å². The number of aromatic nitrogens is 1. The van der Waals surface area contributed by atoms with Crippen LogP contribution < -0.4 is 10.2 Å². The summed E-state index contributed by atoms with van der Waals surface area (Å²) in [5.74, 6) is -0.0626. The molecule has 0 spiro atoms. The van der Waals surface area contributed by atoms with Gasteiger partial charge >= 0.3 is 0 Å². The molecule has 0 radical (unpaired) electrons. The third-order valence-electron chi connectivity index (χ3n) is 4.15. The van der Waals surface area contributed by atoms with Crippen LogP contribution in [0.25, 0.3) is 0 Å². The number of amides is 2. The van der Waals surface area contributed by atoms with Gasteiger partial charge in [0.15, 0.2) is 0 Å². The van der Waals surface area contributed by atoms with Gasteiger partial charge in [-0.25, -0.2) is 4.98 Å². The minimum Gasteiger partial charge on any atom is -0.350 e. The Kier molecular flexibility index (Phi) is 5.54. The fraction of sp³-hybridized carbons (Fsp3) is 0.389. The van der Waals surface area contributed by atoms with Crippen molar-refractivity contribution >= 4 is 44.8 Å². The molecule has 2 amide bonds. The van der Waals surface area contributed by atoms with Gasteiger partial charge in [-0.05, 0) is 28.1 Å². The quantitative estimate of drug-likeness (QED) is 0.800. The third-order valence-corrected chi connectivity index (χ3v) is 6.01. The number of para-hydroxylation sites is 1. The molecule has 7 heteroatoms. The standard InChI is InChI=1S/C18H20BrN3O2S/c1-11(2)18-21-13(10-25-18)8-20-17(24)12-7-16(23)22(9-12)15-6-4-3-5-14(15)19/h3-6,10-12H,7-9H2,1-2H3,(H,20,24). The van der Waals surface area contributed by atoms with E-state index in [1.54, 1.807) is 16.2 Å². The summed E-state index contributed by atoms with van der Waals surface area (Å²) >= 11 is 5.08. The Labute approximate surface area is 159 Å². The van der Waals surface area contributed by atoms with Crippen molar-refractivity contribution in [3.63, 3.8) is 0 Å². The Hall–Kier alpha value is -1.73. The van der Waals surface area contributed by atoms with E-state index in [9.17, 15) is 9.59 Å². The second-order valence-corrected chi connectivity index (χ2v) is 8.15. The zero-order chi connectivity index (χ0) is 18.0. The van der Waals surface area contributed by atoms with Crippen molar-refractivity contribution in [2.75, 3.05) is 11.4 Å². The highest BCUT2D eigenvalue weighted by molar-refractivity contribution is 9.10. The average molecular weight is 422 g/mol. The number of hydrogen-bond acceptors (Lipinski definition) is 4. The molecule has 132 valence electrons. The molecule has 0 aliphatic carbocycles. The van der Waals surface area contributed by atoms with Crippen LogP contribution in [0.1, 0.15) is 36.9 Å². The molecule has 0 saturated carbocycles. The molecule has 1 atom stereocenters. The van der Waals surface area contributed by atoms with Gasteiger partial charge in [-0.1, -0.05) is 26.0 Å². The van der Waals surface area contributed by atoms with E-state index in [4.69, 9.17) is 0 Å². The van der Waals surface area contributed by atoms with E-state index >= 15 is 0 Å². The molecule has 1 aliphatic rings. The predicted molar refractivity (Wildman–Crippen MR) is 103 cm³/mol. The highest BCUT2D eigenvalue weighted by Crippen LogP contribution is 2.31. The molecule has 1 N–H and O–H groups in total. The van der Waals surface area contributed by atoms with Crippen LogP contribution in [0.3, 0.4) is 0 Å². The molecular weight excluding hydrogens is 402 g/mol. The van der Waals surface area contributed by atoms with Crippen LogP contribution in [-0.2, 0) is 16.1 Å². The minimum absolute atomic E-state index is 0.0252. The summed E-state index contributed by atoms with van der Waals surface area (Å²) in [7, 11) is 0. The zero-order valence-corrected chi connectivity index (χ0v) is 16.6. The first kappa shape index (κ1) is 18.1. The Morgan fingerprint density at radius 3 is 2.88 bits per heavy atom. The fourth-order valence-corrected chi connectivity index (χ4v) is 4.11. The van der Waals surface area contributed by atoms with Crippen LogP contribution in [0.5, 0.6) is 0 Å². The van der Waals surface area contributed by atoms with Crippen molar-refractivity contribution in [3.8, 4) is 0 Å². The summed E-state index contributed by atoms with van der Waals surface area (Å²) in [5, 5.41) is 5.96. The molecule has 1 saturated heterocycles. The Morgan fingerprint density at radius 2 is 2.20 bits per heavy atom. The molecule has 1 fully saturated rings. The number of thiazole rings is 1. The van der Waals surface area contributed by atoms with E-state index in [-0.39, 0.29) is 24.2 Å². The first-order valence-electron chi connectivity index (χ1n) is 8.22. The lowest BCUT2D eigenvalue weighted by atomic mass is 10.1. The first-order chi connectivity index (χ1) is 12.0. The summed E-state index contributed by atoms with van der Waals surface area (Å²) in [6, 6.07) is 7.56. The highest BCUT2D eigenvalue weighted by Gasteiger charge is 2.35. The number of halogens is 1. The molecule has 1 aromatic carbocycles. The van der Waals surface area contributed by atoms with Gasteiger partial charge in [0, 0.05) is 28.7 Å². The summed E-state index contributed by atoms with van der Waals surface area (Å²) in [4.78, 5) is 30.9. The van der Waals surface area contributed by atoms with Crippen LogP contribution in [0.15, 0.2) is 34.1 Å². The van der Waals surface area contributed by atoms with Gasteiger partial charge in [0.2, 0.25) is 11.8 Å². The van der Waals surface area contributed by atoms with Gasteiger partial charge in [0.25, 0.3) is 0 Å². The topological polar surface area (TPSA) is 62.3 Å². The number of nitrogens with zero attached hydrogens (tertiary/aromatic N) is 2. The highest BCUT2D eigenvalue weighted by atomic mass is 79.9. The lowest BCUT2D eigenvalue weighted by Crippen LogP contribution is -2.32. The van der Waals surface area contributed by atoms with Crippen LogP contribution in [0.2, 0.25) is 0 Å². The molecule has 1 aliphatic heterocycles. The maximum atomic E-state index is 12.4. The van der Waals surface area contributed by atoms with Gasteiger partial charge in [0.05, 0.1) is 28.9 Å². The van der Waals surface area contributed by atoms with E-state index < -0.39 is 0 Å². The summed E-state index contributed by atoms with van der Waals surface area (Å²) in [6.45, 7) is 5.01. The van der Waals surface area contributed by atoms with E-state index in [0.717, 1.165) is 20.9 Å². The second kappa shape index (κ2) is 7.66. The molecule has 1 unspecified atom stereocenters. The molecule has 5 nitrogen and oxygen atoms in total. The minimum atomic E-state index is -0.331. The summed E-state index contributed by atoms with van der Waals surface area (Å²) in [5.41, 5.74) is 1.68. The van der Waals surface area contributed by atoms with Crippen LogP contribution in [0, 0.1) is 5.92 Å².